The lowest BCUT2D eigenvalue weighted by molar-refractivity contribution is 0.121. The summed E-state index contributed by atoms with van der Waals surface area (Å²) in [6.07, 6.45) is 1.07. The summed E-state index contributed by atoms with van der Waals surface area (Å²) in [6.45, 7) is 4.50. The molecule has 1 fully saturated rings. The molecule has 0 unspecified atom stereocenters. The van der Waals surface area contributed by atoms with Crippen molar-refractivity contribution in [3.8, 4) is 0 Å². The molecule has 0 aliphatic carbocycles. The number of likely N-dealkylation sites (N-methyl/N-ethyl adjacent to an activating group) is 1. The summed E-state index contributed by atoms with van der Waals surface area (Å²) < 4.78 is 16.2. The first-order valence-electron chi connectivity index (χ1n) is 5.72. The third kappa shape index (κ3) is 3.79. The summed E-state index contributed by atoms with van der Waals surface area (Å²) in [6, 6.07) is 0.886. The van der Waals surface area contributed by atoms with Crippen LogP contribution in [0.3, 0.4) is 0 Å². The lowest BCUT2D eigenvalue weighted by Gasteiger charge is -2.25. The monoisotopic (exact) mass is 248 g/mol. The van der Waals surface area contributed by atoms with Crippen LogP contribution >= 0.6 is 0 Å². The minimum absolute atomic E-state index is 0.886. The maximum atomic E-state index is 5.39. The Balaban J connectivity index is 2.23. The van der Waals surface area contributed by atoms with Crippen molar-refractivity contribution < 1.29 is 13.3 Å². The first kappa shape index (κ1) is 14.1. The van der Waals surface area contributed by atoms with Gasteiger partial charge in [-0.1, -0.05) is 0 Å². The minimum atomic E-state index is -2.35. The highest BCUT2D eigenvalue weighted by Crippen LogP contribution is 2.16. The number of nitrogens with zero attached hydrogens (tertiary/aromatic N) is 2. The van der Waals surface area contributed by atoms with E-state index in [1.807, 2.05) is 0 Å². The highest BCUT2D eigenvalue weighted by atomic mass is 28.4. The Hall–Kier alpha value is 0.0169. The van der Waals surface area contributed by atoms with Crippen LogP contribution in [-0.4, -0.2) is 73.3 Å². The van der Waals surface area contributed by atoms with Crippen molar-refractivity contribution in [2.75, 3.05) is 54.7 Å². The molecule has 0 bridgehead atoms. The van der Waals surface area contributed by atoms with Gasteiger partial charge in [0.05, 0.1) is 6.67 Å². The molecule has 0 aromatic rings. The van der Waals surface area contributed by atoms with E-state index < -0.39 is 8.80 Å². The van der Waals surface area contributed by atoms with E-state index in [1.54, 1.807) is 21.3 Å². The van der Waals surface area contributed by atoms with Crippen molar-refractivity contribution in [3.05, 3.63) is 0 Å². The van der Waals surface area contributed by atoms with Crippen LogP contribution in [0, 0.1) is 0 Å². The van der Waals surface area contributed by atoms with Crippen molar-refractivity contribution in [2.45, 2.75) is 12.5 Å². The zero-order valence-corrected chi connectivity index (χ0v) is 11.9. The summed E-state index contributed by atoms with van der Waals surface area (Å²) in [7, 11) is 4.81. The van der Waals surface area contributed by atoms with Crippen LogP contribution in [0.4, 0.5) is 0 Å². The van der Waals surface area contributed by atoms with E-state index in [0.29, 0.717) is 0 Å². The maximum Gasteiger partial charge on any atom is 0.500 e. The zero-order valence-electron chi connectivity index (χ0n) is 10.9. The summed E-state index contributed by atoms with van der Waals surface area (Å²) in [5.41, 5.74) is 0. The second-order valence-corrected chi connectivity index (χ2v) is 7.33. The molecule has 1 aliphatic rings. The fraction of sp³-hybridized carbons (Fsp3) is 1.00. The Kier molecular flexibility index (Phi) is 5.88. The molecule has 0 aromatic carbocycles. The average molecular weight is 248 g/mol. The third-order valence-corrected chi connectivity index (χ3v) is 5.96. The summed E-state index contributed by atoms with van der Waals surface area (Å²) in [5.74, 6) is 0. The van der Waals surface area contributed by atoms with Gasteiger partial charge < -0.3 is 13.3 Å². The Morgan fingerprint density at radius 3 is 2.12 bits per heavy atom. The lowest BCUT2D eigenvalue weighted by Crippen LogP contribution is -2.43. The number of hydrogen-bond donors (Lipinski definition) is 0. The molecule has 6 heteroatoms. The molecule has 16 heavy (non-hydrogen) atoms. The van der Waals surface area contributed by atoms with Crippen LogP contribution in [0.15, 0.2) is 0 Å². The SMILES string of the molecule is CO[Si](CCCN1CCN(C)C1)(OC)OC. The largest absolute Gasteiger partial charge is 0.500 e. The van der Waals surface area contributed by atoms with Crippen molar-refractivity contribution >= 4 is 8.80 Å². The van der Waals surface area contributed by atoms with E-state index >= 15 is 0 Å². The van der Waals surface area contributed by atoms with Crippen molar-refractivity contribution in [3.63, 3.8) is 0 Å². The normalized spacial score (nSPS) is 19.5. The minimum Gasteiger partial charge on any atom is -0.377 e. The predicted molar refractivity (Wildman–Crippen MR) is 65.3 cm³/mol. The Morgan fingerprint density at radius 1 is 1.06 bits per heavy atom. The van der Waals surface area contributed by atoms with Gasteiger partial charge in [0.25, 0.3) is 0 Å². The van der Waals surface area contributed by atoms with E-state index in [2.05, 4.69) is 16.8 Å². The van der Waals surface area contributed by atoms with E-state index in [1.165, 1.54) is 6.54 Å². The first-order chi connectivity index (χ1) is 7.65. The van der Waals surface area contributed by atoms with Gasteiger partial charge in [0.15, 0.2) is 0 Å². The van der Waals surface area contributed by atoms with Crippen molar-refractivity contribution in [1.82, 2.24) is 9.80 Å². The Labute approximate surface area is 99.6 Å². The molecule has 1 aliphatic heterocycles. The molecule has 1 rings (SSSR count). The average Bonchev–Trinajstić information content (AvgIpc) is 2.71. The van der Waals surface area contributed by atoms with E-state index in [9.17, 15) is 0 Å². The van der Waals surface area contributed by atoms with Crippen LogP contribution in [0.2, 0.25) is 6.04 Å². The molecule has 0 saturated carbocycles. The molecule has 0 spiro atoms. The standard InChI is InChI=1S/C10H24N2O3Si/c1-11-7-8-12(10-11)6-5-9-16(13-2,14-3)15-4/h5-10H2,1-4H3. The molecule has 1 saturated heterocycles. The van der Waals surface area contributed by atoms with Gasteiger partial charge >= 0.3 is 8.80 Å². The summed E-state index contributed by atoms with van der Waals surface area (Å²) in [5, 5.41) is 0. The van der Waals surface area contributed by atoms with Gasteiger partial charge in [-0.05, 0) is 20.0 Å². The first-order valence-corrected chi connectivity index (χ1v) is 7.65. The van der Waals surface area contributed by atoms with Gasteiger partial charge in [-0.3, -0.25) is 9.80 Å². The van der Waals surface area contributed by atoms with Crippen LogP contribution in [-0.2, 0) is 13.3 Å². The molecule has 0 radical (unpaired) electrons. The number of rotatable bonds is 7. The second-order valence-electron chi connectivity index (χ2n) is 4.24. The third-order valence-electron chi connectivity index (χ3n) is 3.13. The topological polar surface area (TPSA) is 34.2 Å². The van der Waals surface area contributed by atoms with Gasteiger partial charge in [0.1, 0.15) is 0 Å². The molecule has 5 nitrogen and oxygen atoms in total. The van der Waals surface area contributed by atoms with Gasteiger partial charge in [-0.25, -0.2) is 0 Å². The van der Waals surface area contributed by atoms with Crippen LogP contribution < -0.4 is 0 Å². The number of hydrogen-bond acceptors (Lipinski definition) is 5. The smallest absolute Gasteiger partial charge is 0.377 e. The molecule has 0 N–H and O–H groups in total. The summed E-state index contributed by atoms with van der Waals surface area (Å²) in [4.78, 5) is 4.77. The van der Waals surface area contributed by atoms with Gasteiger partial charge in [0.2, 0.25) is 0 Å². The van der Waals surface area contributed by atoms with Crippen LogP contribution in [0.1, 0.15) is 6.42 Å². The van der Waals surface area contributed by atoms with Gasteiger partial charge in [0, 0.05) is 40.5 Å². The fourth-order valence-electron chi connectivity index (χ4n) is 2.05. The zero-order chi connectivity index (χ0) is 12.0. The molecular formula is C10H24N2O3Si. The molecule has 1 heterocycles. The fourth-order valence-corrected chi connectivity index (χ4v) is 3.76. The van der Waals surface area contributed by atoms with Crippen molar-refractivity contribution in [2.24, 2.45) is 0 Å². The molecular weight excluding hydrogens is 224 g/mol. The van der Waals surface area contributed by atoms with E-state index in [4.69, 9.17) is 13.3 Å². The summed E-state index contributed by atoms with van der Waals surface area (Å²) >= 11 is 0. The quantitative estimate of drug-likeness (QED) is 0.612. The predicted octanol–water partition coefficient (Wildman–Crippen LogP) is 0.460. The van der Waals surface area contributed by atoms with Crippen LogP contribution in [0.5, 0.6) is 0 Å². The highest BCUT2D eigenvalue weighted by molar-refractivity contribution is 6.60. The van der Waals surface area contributed by atoms with Crippen LogP contribution in [0.25, 0.3) is 0 Å². The molecule has 0 aromatic heterocycles. The maximum absolute atomic E-state index is 5.39. The van der Waals surface area contributed by atoms with E-state index in [0.717, 1.165) is 32.2 Å². The molecule has 0 atom stereocenters. The Morgan fingerprint density at radius 2 is 1.69 bits per heavy atom. The van der Waals surface area contributed by atoms with Gasteiger partial charge in [-0.15, -0.1) is 0 Å². The van der Waals surface area contributed by atoms with E-state index in [-0.39, 0.29) is 0 Å². The lowest BCUT2D eigenvalue weighted by atomic mass is 10.4. The highest BCUT2D eigenvalue weighted by Gasteiger charge is 2.37. The molecule has 0 amide bonds. The molecule has 96 valence electrons. The Bertz CT molecular complexity index is 194. The second kappa shape index (κ2) is 6.68. The van der Waals surface area contributed by atoms with Gasteiger partial charge in [-0.2, -0.15) is 0 Å². The van der Waals surface area contributed by atoms with Crippen molar-refractivity contribution in [1.29, 1.82) is 0 Å².